The normalized spacial score (nSPS) is 10.8. The molecule has 0 N–H and O–H groups in total. The molecule has 7 heteroatoms. The summed E-state index contributed by atoms with van der Waals surface area (Å²) < 4.78 is 7.39. The highest BCUT2D eigenvalue weighted by Gasteiger charge is 2.25. The fourth-order valence-corrected chi connectivity index (χ4v) is 2.65. The molecule has 2 aromatic heterocycles. The van der Waals surface area contributed by atoms with E-state index < -0.39 is 0 Å². The standard InChI is InChI=1S/C19H28N4O3/c1-15(2)23(19(25)20(3)4)14-18(24)22(13-17-9-7-11-26-17)12-16-8-6-10-21(16)5/h6-11,15H,12-14H2,1-5H3. The average Bonchev–Trinajstić information content (AvgIpc) is 3.23. The van der Waals surface area contributed by atoms with Crippen LogP contribution in [0.4, 0.5) is 4.79 Å². The number of carbonyl (C=O) groups is 2. The molecule has 2 aromatic rings. The van der Waals surface area contributed by atoms with Crippen molar-refractivity contribution in [1.29, 1.82) is 0 Å². The Bertz CT molecular complexity index is 719. The number of aromatic nitrogens is 1. The third kappa shape index (κ3) is 4.91. The minimum absolute atomic E-state index is 0.0276. The Morgan fingerprint density at radius 2 is 1.88 bits per heavy atom. The van der Waals surface area contributed by atoms with E-state index in [0.717, 1.165) is 5.69 Å². The van der Waals surface area contributed by atoms with Crippen molar-refractivity contribution < 1.29 is 14.0 Å². The van der Waals surface area contributed by atoms with Gasteiger partial charge in [-0.25, -0.2) is 4.79 Å². The first-order valence-corrected chi connectivity index (χ1v) is 8.68. The molecule has 0 aliphatic carbocycles. The van der Waals surface area contributed by atoms with E-state index >= 15 is 0 Å². The SMILES string of the molecule is CC(C)N(CC(=O)N(Cc1ccco1)Cc1cccn1C)C(=O)N(C)C. The summed E-state index contributed by atoms with van der Waals surface area (Å²) in [5.41, 5.74) is 1.01. The van der Waals surface area contributed by atoms with Gasteiger partial charge >= 0.3 is 6.03 Å². The fourth-order valence-electron chi connectivity index (χ4n) is 2.65. The van der Waals surface area contributed by atoms with Crippen molar-refractivity contribution >= 4 is 11.9 Å². The number of furan rings is 1. The van der Waals surface area contributed by atoms with Crippen LogP contribution in [0.25, 0.3) is 0 Å². The Hall–Kier alpha value is -2.70. The number of amides is 3. The fraction of sp³-hybridized carbons (Fsp3) is 0.474. The summed E-state index contributed by atoms with van der Waals surface area (Å²) in [5, 5.41) is 0. The molecule has 0 saturated heterocycles. The van der Waals surface area contributed by atoms with Gasteiger partial charge in [0.2, 0.25) is 5.91 Å². The Morgan fingerprint density at radius 1 is 1.15 bits per heavy atom. The van der Waals surface area contributed by atoms with E-state index in [4.69, 9.17) is 4.42 Å². The zero-order valence-corrected chi connectivity index (χ0v) is 16.2. The highest BCUT2D eigenvalue weighted by atomic mass is 16.3. The molecule has 0 saturated carbocycles. The van der Waals surface area contributed by atoms with Gasteiger partial charge in [0.25, 0.3) is 0 Å². The maximum absolute atomic E-state index is 13.0. The van der Waals surface area contributed by atoms with Gasteiger partial charge in [0, 0.05) is 39.1 Å². The third-order valence-electron chi connectivity index (χ3n) is 4.24. The van der Waals surface area contributed by atoms with Gasteiger partial charge in [-0.1, -0.05) is 0 Å². The molecule has 0 spiro atoms. The second-order valence-electron chi connectivity index (χ2n) is 6.84. The molecule has 0 aliphatic rings. The number of hydrogen-bond donors (Lipinski definition) is 0. The van der Waals surface area contributed by atoms with Gasteiger partial charge in [0.1, 0.15) is 12.3 Å². The van der Waals surface area contributed by atoms with Gasteiger partial charge in [0.15, 0.2) is 0 Å². The van der Waals surface area contributed by atoms with Gasteiger partial charge in [-0.3, -0.25) is 4.79 Å². The minimum Gasteiger partial charge on any atom is -0.467 e. The van der Waals surface area contributed by atoms with Crippen molar-refractivity contribution in [1.82, 2.24) is 19.3 Å². The number of aryl methyl sites for hydroxylation is 1. The van der Waals surface area contributed by atoms with Crippen LogP contribution in [-0.2, 0) is 24.9 Å². The number of rotatable bonds is 7. The van der Waals surface area contributed by atoms with Crippen LogP contribution >= 0.6 is 0 Å². The van der Waals surface area contributed by atoms with Crippen molar-refractivity contribution in [3.05, 3.63) is 48.2 Å². The van der Waals surface area contributed by atoms with Gasteiger partial charge < -0.3 is 23.7 Å². The summed E-state index contributed by atoms with van der Waals surface area (Å²) in [7, 11) is 5.32. The summed E-state index contributed by atoms with van der Waals surface area (Å²) in [5.74, 6) is 0.592. The molecule has 0 unspecified atom stereocenters. The predicted molar refractivity (Wildman–Crippen MR) is 99.3 cm³/mol. The lowest BCUT2D eigenvalue weighted by Gasteiger charge is -2.31. The van der Waals surface area contributed by atoms with Crippen molar-refractivity contribution in [2.45, 2.75) is 33.0 Å². The third-order valence-corrected chi connectivity index (χ3v) is 4.24. The first kappa shape index (κ1) is 19.6. The Labute approximate surface area is 154 Å². The van der Waals surface area contributed by atoms with Crippen LogP contribution in [0.3, 0.4) is 0 Å². The molecule has 142 valence electrons. The van der Waals surface area contributed by atoms with Crippen LogP contribution in [0.2, 0.25) is 0 Å². The van der Waals surface area contributed by atoms with E-state index in [1.165, 1.54) is 4.90 Å². The summed E-state index contributed by atoms with van der Waals surface area (Å²) in [4.78, 5) is 30.2. The van der Waals surface area contributed by atoms with Crippen LogP contribution in [0.5, 0.6) is 0 Å². The molecule has 0 bridgehead atoms. The lowest BCUT2D eigenvalue weighted by molar-refractivity contribution is -0.133. The van der Waals surface area contributed by atoms with Crippen LogP contribution in [-0.4, -0.2) is 57.9 Å². The molecular weight excluding hydrogens is 332 g/mol. The summed E-state index contributed by atoms with van der Waals surface area (Å²) >= 11 is 0. The van der Waals surface area contributed by atoms with Crippen molar-refractivity contribution in [2.75, 3.05) is 20.6 Å². The van der Waals surface area contributed by atoms with Gasteiger partial charge in [0.05, 0.1) is 19.4 Å². The number of carbonyl (C=O) groups excluding carboxylic acids is 2. The molecule has 26 heavy (non-hydrogen) atoms. The van der Waals surface area contributed by atoms with E-state index in [-0.39, 0.29) is 24.5 Å². The highest BCUT2D eigenvalue weighted by Crippen LogP contribution is 2.13. The number of nitrogens with zero attached hydrogens (tertiary/aromatic N) is 4. The Balaban J connectivity index is 2.18. The van der Waals surface area contributed by atoms with Crippen molar-refractivity contribution in [2.24, 2.45) is 7.05 Å². The molecule has 2 rings (SSSR count). The van der Waals surface area contributed by atoms with Crippen LogP contribution in [0.15, 0.2) is 41.1 Å². The molecule has 0 fully saturated rings. The number of hydrogen-bond acceptors (Lipinski definition) is 3. The van der Waals surface area contributed by atoms with Gasteiger partial charge in [-0.2, -0.15) is 0 Å². The Morgan fingerprint density at radius 3 is 2.38 bits per heavy atom. The Kier molecular flexibility index (Phi) is 6.49. The highest BCUT2D eigenvalue weighted by molar-refractivity contribution is 5.84. The average molecular weight is 360 g/mol. The molecule has 0 aromatic carbocycles. The van der Waals surface area contributed by atoms with Gasteiger partial charge in [-0.15, -0.1) is 0 Å². The molecule has 3 amide bonds. The molecule has 0 radical (unpaired) electrons. The van der Waals surface area contributed by atoms with E-state index in [1.807, 2.05) is 49.9 Å². The first-order chi connectivity index (χ1) is 12.3. The topological polar surface area (TPSA) is 61.9 Å². The smallest absolute Gasteiger partial charge is 0.320 e. The maximum Gasteiger partial charge on any atom is 0.320 e. The van der Waals surface area contributed by atoms with Crippen LogP contribution in [0, 0.1) is 0 Å². The molecule has 0 aliphatic heterocycles. The zero-order chi connectivity index (χ0) is 19.3. The summed E-state index contributed by atoms with van der Waals surface area (Å²) in [6, 6.07) is 7.32. The van der Waals surface area contributed by atoms with Crippen molar-refractivity contribution in [3.63, 3.8) is 0 Å². The quantitative estimate of drug-likeness (QED) is 0.762. The second kappa shape index (κ2) is 8.60. The predicted octanol–water partition coefficient (Wildman–Crippen LogP) is 2.54. The minimum atomic E-state index is -0.176. The van der Waals surface area contributed by atoms with E-state index in [0.29, 0.717) is 18.8 Å². The largest absolute Gasteiger partial charge is 0.467 e. The maximum atomic E-state index is 13.0. The van der Waals surface area contributed by atoms with E-state index in [9.17, 15) is 9.59 Å². The van der Waals surface area contributed by atoms with Crippen LogP contribution < -0.4 is 0 Å². The summed E-state index contributed by atoms with van der Waals surface area (Å²) in [6.45, 7) is 4.65. The van der Waals surface area contributed by atoms with E-state index in [2.05, 4.69) is 0 Å². The molecule has 7 nitrogen and oxygen atoms in total. The molecule has 2 heterocycles. The number of urea groups is 1. The lowest BCUT2D eigenvalue weighted by Crippen LogP contribution is -2.49. The molecule has 0 atom stereocenters. The molecular formula is C19H28N4O3. The van der Waals surface area contributed by atoms with Gasteiger partial charge in [-0.05, 0) is 38.1 Å². The lowest BCUT2D eigenvalue weighted by atomic mass is 10.3. The zero-order valence-electron chi connectivity index (χ0n) is 16.2. The van der Waals surface area contributed by atoms with Crippen molar-refractivity contribution in [3.8, 4) is 0 Å². The summed E-state index contributed by atoms with van der Waals surface area (Å²) in [6.07, 6.45) is 3.54. The first-order valence-electron chi connectivity index (χ1n) is 8.68. The second-order valence-corrected chi connectivity index (χ2v) is 6.84. The monoisotopic (exact) mass is 360 g/mol. The van der Waals surface area contributed by atoms with Crippen LogP contribution in [0.1, 0.15) is 25.3 Å². The van der Waals surface area contributed by atoms with E-state index in [1.54, 1.807) is 36.2 Å².